The molecule has 1 saturated heterocycles. The Bertz CT molecular complexity index is 460. The maximum absolute atomic E-state index is 13.9. The standard InChI is InChI=1S/C20H32FN.C2H6/c1-16(10-13-22-14-11-19(2,3)12-15-22)17-6-8-18(9-7-17)20(4,5)21;1-2/h6-9,16H,10-15H2,1-5H3;1-2H3. The second kappa shape index (κ2) is 8.99. The van der Waals surface area contributed by atoms with Gasteiger partial charge in [-0.15, -0.1) is 0 Å². The minimum Gasteiger partial charge on any atom is -0.303 e. The lowest BCUT2D eigenvalue weighted by Gasteiger charge is -2.37. The Hall–Kier alpha value is -0.890. The van der Waals surface area contributed by atoms with Gasteiger partial charge in [-0.1, -0.05) is 58.9 Å². The van der Waals surface area contributed by atoms with E-state index in [0.717, 1.165) is 5.56 Å². The molecule has 1 aromatic rings. The van der Waals surface area contributed by atoms with E-state index in [2.05, 4.69) is 37.8 Å². The van der Waals surface area contributed by atoms with E-state index in [0.29, 0.717) is 11.3 Å². The van der Waals surface area contributed by atoms with E-state index in [1.807, 2.05) is 26.0 Å². The van der Waals surface area contributed by atoms with Gasteiger partial charge in [-0.05, 0) is 75.2 Å². The summed E-state index contributed by atoms with van der Waals surface area (Å²) in [7, 11) is 0. The van der Waals surface area contributed by atoms with Crippen molar-refractivity contribution < 1.29 is 4.39 Å². The highest BCUT2D eigenvalue weighted by Gasteiger charge is 2.25. The maximum atomic E-state index is 13.9. The molecule has 24 heavy (non-hydrogen) atoms. The van der Waals surface area contributed by atoms with Crippen LogP contribution in [0.3, 0.4) is 0 Å². The Morgan fingerprint density at radius 3 is 2.04 bits per heavy atom. The number of alkyl halides is 1. The van der Waals surface area contributed by atoms with Crippen molar-refractivity contribution in [2.45, 2.75) is 79.3 Å². The molecule has 0 aromatic heterocycles. The zero-order valence-electron chi connectivity index (χ0n) is 17.0. The molecule has 1 unspecified atom stereocenters. The molecule has 0 spiro atoms. The summed E-state index contributed by atoms with van der Waals surface area (Å²) in [5.41, 5.74) is 1.37. The van der Waals surface area contributed by atoms with Gasteiger partial charge in [0.1, 0.15) is 5.67 Å². The van der Waals surface area contributed by atoms with Crippen LogP contribution in [-0.4, -0.2) is 24.5 Å². The summed E-state index contributed by atoms with van der Waals surface area (Å²) in [6, 6.07) is 8.08. The highest BCUT2D eigenvalue weighted by atomic mass is 19.1. The average Bonchev–Trinajstić information content (AvgIpc) is 2.55. The SMILES string of the molecule is CC.CC(CCN1CCC(C)(C)CC1)c1ccc(C(C)(C)F)cc1. The van der Waals surface area contributed by atoms with Crippen molar-refractivity contribution in [1.29, 1.82) is 0 Å². The van der Waals surface area contributed by atoms with Crippen LogP contribution in [0.4, 0.5) is 4.39 Å². The van der Waals surface area contributed by atoms with Crippen LogP contribution in [0.25, 0.3) is 0 Å². The first-order chi connectivity index (χ1) is 11.2. The van der Waals surface area contributed by atoms with E-state index in [1.165, 1.54) is 44.5 Å². The van der Waals surface area contributed by atoms with Crippen molar-refractivity contribution >= 4 is 0 Å². The van der Waals surface area contributed by atoms with Crippen LogP contribution in [0, 0.1) is 5.41 Å². The average molecular weight is 336 g/mol. The first-order valence-electron chi connectivity index (χ1n) is 9.69. The van der Waals surface area contributed by atoms with Crippen LogP contribution >= 0.6 is 0 Å². The van der Waals surface area contributed by atoms with Crippen molar-refractivity contribution in [3.05, 3.63) is 35.4 Å². The zero-order chi connectivity index (χ0) is 18.4. The Kier molecular flexibility index (Phi) is 7.92. The molecule has 1 aliphatic rings. The third-order valence-corrected chi connectivity index (χ3v) is 5.25. The van der Waals surface area contributed by atoms with Gasteiger partial charge in [0.15, 0.2) is 0 Å². The van der Waals surface area contributed by atoms with E-state index < -0.39 is 5.67 Å². The minimum absolute atomic E-state index is 0.525. The van der Waals surface area contributed by atoms with E-state index in [1.54, 1.807) is 13.8 Å². The highest BCUT2D eigenvalue weighted by Crippen LogP contribution is 2.31. The van der Waals surface area contributed by atoms with E-state index in [-0.39, 0.29) is 0 Å². The molecule has 1 atom stereocenters. The number of benzene rings is 1. The van der Waals surface area contributed by atoms with Gasteiger partial charge in [-0.3, -0.25) is 0 Å². The van der Waals surface area contributed by atoms with Gasteiger partial charge in [-0.25, -0.2) is 4.39 Å². The lowest BCUT2D eigenvalue weighted by molar-refractivity contribution is 0.130. The summed E-state index contributed by atoms with van der Waals surface area (Å²) in [4.78, 5) is 2.60. The number of hydrogen-bond donors (Lipinski definition) is 0. The summed E-state index contributed by atoms with van der Waals surface area (Å²) in [6.45, 7) is 17.9. The Labute approximate surface area is 149 Å². The van der Waals surface area contributed by atoms with Crippen LogP contribution in [-0.2, 0) is 5.67 Å². The Morgan fingerprint density at radius 1 is 1.08 bits per heavy atom. The normalized spacial score (nSPS) is 19.3. The van der Waals surface area contributed by atoms with Crippen molar-refractivity contribution in [2.75, 3.05) is 19.6 Å². The van der Waals surface area contributed by atoms with Crippen LogP contribution < -0.4 is 0 Å². The monoisotopic (exact) mass is 335 g/mol. The van der Waals surface area contributed by atoms with Gasteiger partial charge in [-0.2, -0.15) is 0 Å². The van der Waals surface area contributed by atoms with Crippen LogP contribution in [0.15, 0.2) is 24.3 Å². The van der Waals surface area contributed by atoms with Gasteiger partial charge in [0.2, 0.25) is 0 Å². The number of halogens is 1. The number of rotatable bonds is 5. The summed E-state index contributed by atoms with van der Waals surface area (Å²) in [6.07, 6.45) is 3.79. The molecule has 2 rings (SSSR count). The van der Waals surface area contributed by atoms with Crippen LogP contribution in [0.5, 0.6) is 0 Å². The Balaban J connectivity index is 0.00000139. The Morgan fingerprint density at radius 2 is 1.58 bits per heavy atom. The van der Waals surface area contributed by atoms with E-state index in [9.17, 15) is 4.39 Å². The summed E-state index contributed by atoms with van der Waals surface area (Å²) in [5.74, 6) is 0.534. The zero-order valence-corrected chi connectivity index (χ0v) is 17.0. The molecule has 1 aliphatic heterocycles. The summed E-state index contributed by atoms with van der Waals surface area (Å²) < 4.78 is 13.9. The van der Waals surface area contributed by atoms with Crippen LogP contribution in [0.2, 0.25) is 0 Å². The topological polar surface area (TPSA) is 3.24 Å². The molecular formula is C22H38FN. The predicted octanol–water partition coefficient (Wildman–Crippen LogP) is 6.53. The number of likely N-dealkylation sites (tertiary alicyclic amines) is 1. The van der Waals surface area contributed by atoms with Gasteiger partial charge >= 0.3 is 0 Å². The molecule has 1 fully saturated rings. The maximum Gasteiger partial charge on any atom is 0.130 e. The van der Waals surface area contributed by atoms with Crippen molar-refractivity contribution in [3.8, 4) is 0 Å². The van der Waals surface area contributed by atoms with Gasteiger partial charge in [0, 0.05) is 0 Å². The lowest BCUT2D eigenvalue weighted by atomic mass is 9.82. The summed E-state index contributed by atoms with van der Waals surface area (Å²) in [5, 5.41) is 0. The lowest BCUT2D eigenvalue weighted by Crippen LogP contribution is -2.38. The molecule has 0 saturated carbocycles. The number of nitrogens with zero attached hydrogens (tertiary/aromatic N) is 1. The third-order valence-electron chi connectivity index (χ3n) is 5.25. The van der Waals surface area contributed by atoms with Gasteiger partial charge < -0.3 is 4.90 Å². The molecule has 1 aromatic carbocycles. The molecular weight excluding hydrogens is 297 g/mol. The molecule has 0 radical (unpaired) electrons. The largest absolute Gasteiger partial charge is 0.303 e. The van der Waals surface area contributed by atoms with Crippen molar-refractivity contribution in [2.24, 2.45) is 5.41 Å². The fourth-order valence-corrected chi connectivity index (χ4v) is 3.13. The first kappa shape index (κ1) is 21.2. The van der Waals surface area contributed by atoms with E-state index in [4.69, 9.17) is 0 Å². The summed E-state index contributed by atoms with van der Waals surface area (Å²) >= 11 is 0. The molecule has 2 heteroatoms. The minimum atomic E-state index is -1.25. The molecule has 0 bridgehead atoms. The second-order valence-corrected chi connectivity index (χ2v) is 8.29. The van der Waals surface area contributed by atoms with E-state index >= 15 is 0 Å². The smallest absolute Gasteiger partial charge is 0.130 e. The van der Waals surface area contributed by atoms with Crippen molar-refractivity contribution in [1.82, 2.24) is 4.90 Å². The molecule has 0 aliphatic carbocycles. The second-order valence-electron chi connectivity index (χ2n) is 8.29. The molecule has 0 amide bonds. The van der Waals surface area contributed by atoms with Crippen molar-refractivity contribution in [3.63, 3.8) is 0 Å². The molecule has 138 valence electrons. The number of hydrogen-bond acceptors (Lipinski definition) is 1. The fourth-order valence-electron chi connectivity index (χ4n) is 3.13. The van der Waals surface area contributed by atoms with Gasteiger partial charge in [0.05, 0.1) is 0 Å². The van der Waals surface area contributed by atoms with Gasteiger partial charge in [0.25, 0.3) is 0 Å². The highest BCUT2D eigenvalue weighted by molar-refractivity contribution is 5.28. The quantitative estimate of drug-likeness (QED) is 0.591. The fraction of sp³-hybridized carbons (Fsp3) is 0.727. The number of piperidine rings is 1. The van der Waals surface area contributed by atoms with Crippen LogP contribution in [0.1, 0.15) is 84.8 Å². The predicted molar refractivity (Wildman–Crippen MR) is 104 cm³/mol. The third kappa shape index (κ3) is 6.55. The molecule has 1 heterocycles. The first-order valence-corrected chi connectivity index (χ1v) is 9.69. The molecule has 0 N–H and O–H groups in total. The molecule has 1 nitrogen and oxygen atoms in total.